The molecule has 1 amide bonds. The van der Waals surface area contributed by atoms with Gasteiger partial charge in [0.1, 0.15) is 0 Å². The third kappa shape index (κ3) is 5.71. The molecule has 1 atom stereocenters. The van der Waals surface area contributed by atoms with Gasteiger partial charge in [0.2, 0.25) is 10.0 Å². The van der Waals surface area contributed by atoms with Gasteiger partial charge in [-0.25, -0.2) is 8.42 Å². The highest BCUT2D eigenvalue weighted by Crippen LogP contribution is 2.24. The van der Waals surface area contributed by atoms with E-state index in [1.165, 1.54) is 4.31 Å². The van der Waals surface area contributed by atoms with Crippen molar-refractivity contribution in [1.82, 2.24) is 5.32 Å². The number of carbonyl (C=O) groups is 1. The molecular formula is C20H25ClN2O3S. The fourth-order valence-electron chi connectivity index (χ4n) is 2.42. The molecule has 2 aromatic carbocycles. The molecule has 0 aromatic heterocycles. The topological polar surface area (TPSA) is 66.5 Å². The van der Waals surface area contributed by atoms with Gasteiger partial charge < -0.3 is 5.32 Å². The molecule has 146 valence electrons. The normalized spacial score (nSPS) is 12.7. The lowest BCUT2D eigenvalue weighted by molar-refractivity contribution is 0.0930. The summed E-state index contributed by atoms with van der Waals surface area (Å²) in [6.45, 7) is 6.14. The van der Waals surface area contributed by atoms with E-state index in [0.717, 1.165) is 6.26 Å². The van der Waals surface area contributed by atoms with E-state index in [2.05, 4.69) is 5.32 Å². The van der Waals surface area contributed by atoms with E-state index in [0.29, 0.717) is 27.8 Å². The number of rotatable bonds is 7. The first-order chi connectivity index (χ1) is 12.6. The molecule has 0 radical (unpaired) electrons. The zero-order valence-corrected chi connectivity index (χ0v) is 17.5. The average Bonchev–Trinajstić information content (AvgIpc) is 2.60. The van der Waals surface area contributed by atoms with Crippen LogP contribution in [0.4, 0.5) is 5.69 Å². The van der Waals surface area contributed by atoms with E-state index in [9.17, 15) is 13.2 Å². The van der Waals surface area contributed by atoms with E-state index in [4.69, 9.17) is 11.6 Å². The van der Waals surface area contributed by atoms with Crippen molar-refractivity contribution in [3.63, 3.8) is 0 Å². The first kappa shape index (κ1) is 21.3. The van der Waals surface area contributed by atoms with Crippen LogP contribution in [0.25, 0.3) is 0 Å². The second-order valence-electron chi connectivity index (χ2n) is 6.91. The van der Waals surface area contributed by atoms with Gasteiger partial charge in [0.15, 0.2) is 0 Å². The first-order valence-electron chi connectivity index (χ1n) is 8.71. The Bertz CT molecular complexity index is 896. The molecule has 1 N–H and O–H groups in total. The van der Waals surface area contributed by atoms with E-state index < -0.39 is 10.0 Å². The highest BCUT2D eigenvalue weighted by atomic mass is 35.5. The quantitative estimate of drug-likeness (QED) is 0.750. The number of benzene rings is 2. The standard InChI is InChI=1S/C20H25ClN2O3S/c1-14(2)15(3)22-20(24)16-9-11-18(12-10-16)23(27(4,25)26)13-17-7-5-6-8-19(17)21/h5-12,14-15H,13H2,1-4H3,(H,22,24)/t15-/m0/s1. The number of nitrogens with zero attached hydrogens (tertiary/aromatic N) is 1. The maximum Gasteiger partial charge on any atom is 0.251 e. The van der Waals surface area contributed by atoms with Gasteiger partial charge in [0, 0.05) is 16.6 Å². The van der Waals surface area contributed by atoms with Gasteiger partial charge >= 0.3 is 0 Å². The Balaban J connectivity index is 2.25. The van der Waals surface area contributed by atoms with E-state index in [-0.39, 0.29) is 18.5 Å². The Morgan fingerprint density at radius 2 is 1.67 bits per heavy atom. The maximum atomic E-state index is 12.3. The minimum absolute atomic E-state index is 0.0462. The van der Waals surface area contributed by atoms with E-state index in [1.54, 1.807) is 42.5 Å². The molecule has 0 aliphatic carbocycles. The zero-order chi connectivity index (χ0) is 20.2. The van der Waals surface area contributed by atoms with Gasteiger partial charge in [0.25, 0.3) is 5.91 Å². The second kappa shape index (κ2) is 8.76. The number of halogens is 1. The molecule has 0 fully saturated rings. The van der Waals surface area contributed by atoms with Crippen molar-refractivity contribution < 1.29 is 13.2 Å². The van der Waals surface area contributed by atoms with Crippen LogP contribution in [0.15, 0.2) is 48.5 Å². The molecule has 7 heteroatoms. The van der Waals surface area contributed by atoms with Crippen molar-refractivity contribution in [3.8, 4) is 0 Å². The van der Waals surface area contributed by atoms with Crippen LogP contribution < -0.4 is 9.62 Å². The third-order valence-corrected chi connectivity index (χ3v) is 5.96. The lowest BCUT2D eigenvalue weighted by Gasteiger charge is -2.23. The van der Waals surface area contributed by atoms with Gasteiger partial charge in [-0.15, -0.1) is 0 Å². The summed E-state index contributed by atoms with van der Waals surface area (Å²) in [6.07, 6.45) is 1.15. The Labute approximate surface area is 166 Å². The Morgan fingerprint density at radius 3 is 2.19 bits per heavy atom. The number of carbonyl (C=O) groups excluding carboxylic acids is 1. The van der Waals surface area contributed by atoms with Crippen LogP contribution in [0.3, 0.4) is 0 Å². The third-order valence-electron chi connectivity index (χ3n) is 4.45. The number of hydrogen-bond acceptors (Lipinski definition) is 3. The van der Waals surface area contributed by atoms with Crippen LogP contribution in [-0.4, -0.2) is 26.6 Å². The molecule has 0 unspecified atom stereocenters. The average molecular weight is 409 g/mol. The van der Waals surface area contributed by atoms with Crippen LogP contribution in [0, 0.1) is 5.92 Å². The molecule has 0 heterocycles. The van der Waals surface area contributed by atoms with Gasteiger partial charge in [-0.2, -0.15) is 0 Å². The van der Waals surface area contributed by atoms with Crippen LogP contribution in [0.2, 0.25) is 5.02 Å². The van der Waals surface area contributed by atoms with Crippen LogP contribution in [-0.2, 0) is 16.6 Å². The Hall–Kier alpha value is -2.05. The Morgan fingerprint density at radius 1 is 1.07 bits per heavy atom. The monoisotopic (exact) mass is 408 g/mol. The number of amides is 1. The first-order valence-corrected chi connectivity index (χ1v) is 10.9. The SMILES string of the molecule is CC(C)[C@H](C)NC(=O)c1ccc(N(Cc2ccccc2Cl)S(C)(=O)=O)cc1. The molecule has 0 saturated heterocycles. The molecule has 2 rings (SSSR count). The summed E-state index contributed by atoms with van der Waals surface area (Å²) in [6, 6.07) is 13.7. The molecule has 27 heavy (non-hydrogen) atoms. The maximum absolute atomic E-state index is 12.3. The highest BCUT2D eigenvalue weighted by molar-refractivity contribution is 7.92. The molecule has 2 aromatic rings. The summed E-state index contributed by atoms with van der Waals surface area (Å²) in [5.74, 6) is 0.143. The second-order valence-corrected chi connectivity index (χ2v) is 9.23. The predicted octanol–water partition coefficient (Wildman–Crippen LogP) is 4.08. The van der Waals surface area contributed by atoms with Crippen LogP contribution in [0.1, 0.15) is 36.7 Å². The van der Waals surface area contributed by atoms with Crippen LogP contribution >= 0.6 is 11.6 Å². The lowest BCUT2D eigenvalue weighted by atomic mass is 10.1. The Kier molecular flexibility index (Phi) is 6.89. The summed E-state index contributed by atoms with van der Waals surface area (Å²) >= 11 is 6.17. The van der Waals surface area contributed by atoms with Crippen molar-refractivity contribution >= 4 is 33.2 Å². The minimum Gasteiger partial charge on any atom is -0.349 e. The molecule has 0 bridgehead atoms. The van der Waals surface area contributed by atoms with Crippen LogP contribution in [0.5, 0.6) is 0 Å². The van der Waals surface area contributed by atoms with E-state index in [1.807, 2.05) is 26.8 Å². The summed E-state index contributed by atoms with van der Waals surface area (Å²) in [4.78, 5) is 12.3. The van der Waals surface area contributed by atoms with Gasteiger partial charge in [-0.3, -0.25) is 9.10 Å². The molecule has 0 aliphatic heterocycles. The van der Waals surface area contributed by atoms with Gasteiger partial charge in [0.05, 0.1) is 18.5 Å². The molecule has 0 spiro atoms. The van der Waals surface area contributed by atoms with E-state index >= 15 is 0 Å². The smallest absolute Gasteiger partial charge is 0.251 e. The van der Waals surface area contributed by atoms with Crippen molar-refractivity contribution in [3.05, 3.63) is 64.7 Å². The lowest BCUT2D eigenvalue weighted by Crippen LogP contribution is -2.36. The predicted molar refractivity (Wildman–Crippen MR) is 111 cm³/mol. The summed E-state index contributed by atoms with van der Waals surface area (Å²) in [5, 5.41) is 3.44. The van der Waals surface area contributed by atoms with Crippen molar-refractivity contribution in [2.24, 2.45) is 5.92 Å². The molecule has 5 nitrogen and oxygen atoms in total. The fourth-order valence-corrected chi connectivity index (χ4v) is 3.49. The number of anilines is 1. The number of nitrogens with one attached hydrogen (secondary N) is 1. The zero-order valence-electron chi connectivity index (χ0n) is 15.9. The fraction of sp³-hybridized carbons (Fsp3) is 0.350. The highest BCUT2D eigenvalue weighted by Gasteiger charge is 2.20. The van der Waals surface area contributed by atoms with Crippen molar-refractivity contribution in [1.29, 1.82) is 0 Å². The summed E-state index contributed by atoms with van der Waals surface area (Å²) in [7, 11) is -3.52. The number of sulfonamides is 1. The summed E-state index contributed by atoms with van der Waals surface area (Å²) in [5.41, 5.74) is 1.67. The van der Waals surface area contributed by atoms with Crippen molar-refractivity contribution in [2.75, 3.05) is 10.6 Å². The molecular weight excluding hydrogens is 384 g/mol. The molecule has 0 aliphatic rings. The summed E-state index contributed by atoms with van der Waals surface area (Å²) < 4.78 is 25.9. The largest absolute Gasteiger partial charge is 0.349 e. The number of hydrogen-bond donors (Lipinski definition) is 1. The van der Waals surface area contributed by atoms with Gasteiger partial charge in [-0.05, 0) is 48.7 Å². The molecule has 0 saturated carbocycles. The minimum atomic E-state index is -3.52. The van der Waals surface area contributed by atoms with Gasteiger partial charge in [-0.1, -0.05) is 43.6 Å². The van der Waals surface area contributed by atoms with Crippen molar-refractivity contribution in [2.45, 2.75) is 33.4 Å².